The molecule has 3 N–H and O–H groups in total. The van der Waals surface area contributed by atoms with E-state index < -0.39 is 0 Å². The summed E-state index contributed by atoms with van der Waals surface area (Å²) < 4.78 is 10.5. The van der Waals surface area contributed by atoms with E-state index in [4.69, 9.17) is 15.2 Å². The number of hydrogen-bond acceptors (Lipinski definition) is 4. The van der Waals surface area contributed by atoms with Gasteiger partial charge in [0.15, 0.2) is 0 Å². The molecule has 5 heteroatoms. The second-order valence-corrected chi connectivity index (χ2v) is 5.42. The van der Waals surface area contributed by atoms with E-state index in [1.54, 1.807) is 20.3 Å². The summed E-state index contributed by atoms with van der Waals surface area (Å²) in [7, 11) is 3.21. The Morgan fingerprint density at radius 3 is 2.38 bits per heavy atom. The Kier molecular flexibility index (Phi) is 6.49. The van der Waals surface area contributed by atoms with Crippen molar-refractivity contribution in [2.75, 3.05) is 20.8 Å². The van der Waals surface area contributed by atoms with E-state index in [1.165, 1.54) is 0 Å². The zero-order valence-electron chi connectivity index (χ0n) is 13.5. The van der Waals surface area contributed by atoms with Crippen molar-refractivity contribution >= 4 is 5.91 Å². The Morgan fingerprint density at radius 1 is 1.24 bits per heavy atom. The smallest absolute Gasteiger partial charge is 0.225 e. The van der Waals surface area contributed by atoms with Crippen molar-refractivity contribution in [3.63, 3.8) is 0 Å². The van der Waals surface area contributed by atoms with Gasteiger partial charge in [0.25, 0.3) is 0 Å². The molecule has 21 heavy (non-hydrogen) atoms. The number of nitrogens with two attached hydrogens (primary N) is 1. The van der Waals surface area contributed by atoms with E-state index in [2.05, 4.69) is 5.32 Å². The van der Waals surface area contributed by atoms with E-state index in [9.17, 15) is 4.79 Å². The number of nitrogens with one attached hydrogen (secondary N) is 1. The summed E-state index contributed by atoms with van der Waals surface area (Å²) in [6.07, 6.45) is 0. The van der Waals surface area contributed by atoms with Crippen molar-refractivity contribution in [2.24, 2.45) is 17.6 Å². The Bertz CT molecular complexity index is 475. The van der Waals surface area contributed by atoms with Crippen molar-refractivity contribution in [3.8, 4) is 11.5 Å². The van der Waals surface area contributed by atoms with Crippen LogP contribution < -0.4 is 20.5 Å². The molecule has 0 heterocycles. The highest BCUT2D eigenvalue weighted by molar-refractivity contribution is 5.79. The van der Waals surface area contributed by atoms with Crippen LogP contribution in [0.2, 0.25) is 0 Å². The molecule has 0 bridgehead atoms. The van der Waals surface area contributed by atoms with Crippen LogP contribution in [-0.2, 0) is 4.79 Å². The summed E-state index contributed by atoms with van der Waals surface area (Å²) in [5, 5.41) is 3.00. The number of benzene rings is 1. The largest absolute Gasteiger partial charge is 0.497 e. The van der Waals surface area contributed by atoms with Crippen molar-refractivity contribution in [2.45, 2.75) is 26.8 Å². The van der Waals surface area contributed by atoms with Crippen LogP contribution >= 0.6 is 0 Å². The van der Waals surface area contributed by atoms with Gasteiger partial charge in [0.05, 0.1) is 26.2 Å². The molecule has 2 unspecified atom stereocenters. The summed E-state index contributed by atoms with van der Waals surface area (Å²) in [4.78, 5) is 12.3. The predicted octanol–water partition coefficient (Wildman–Crippen LogP) is 2.11. The molecular formula is C16H26N2O3. The number of hydrogen-bond donors (Lipinski definition) is 2. The third-order valence-electron chi connectivity index (χ3n) is 3.66. The SMILES string of the molecule is COc1ccc(C(C)NC(=O)C(CN)C(C)C)c(OC)c1. The molecule has 118 valence electrons. The molecule has 1 rings (SSSR count). The van der Waals surface area contributed by atoms with Crippen LogP contribution in [0.1, 0.15) is 32.4 Å². The lowest BCUT2D eigenvalue weighted by Gasteiger charge is -2.23. The van der Waals surface area contributed by atoms with Crippen molar-refractivity contribution < 1.29 is 14.3 Å². The summed E-state index contributed by atoms with van der Waals surface area (Å²) in [6.45, 7) is 6.26. The fraction of sp³-hybridized carbons (Fsp3) is 0.562. The minimum absolute atomic E-state index is 0.0297. The Labute approximate surface area is 126 Å². The Hall–Kier alpha value is -1.75. The first-order valence-electron chi connectivity index (χ1n) is 7.16. The second-order valence-electron chi connectivity index (χ2n) is 5.42. The van der Waals surface area contributed by atoms with E-state index in [0.29, 0.717) is 12.3 Å². The van der Waals surface area contributed by atoms with Gasteiger partial charge in [0, 0.05) is 18.2 Å². The number of amides is 1. The molecule has 0 radical (unpaired) electrons. The van der Waals surface area contributed by atoms with Gasteiger partial charge in [-0.2, -0.15) is 0 Å². The highest BCUT2D eigenvalue weighted by Gasteiger charge is 2.23. The van der Waals surface area contributed by atoms with Crippen molar-refractivity contribution in [1.82, 2.24) is 5.32 Å². The Morgan fingerprint density at radius 2 is 1.90 bits per heavy atom. The molecule has 5 nitrogen and oxygen atoms in total. The normalized spacial score (nSPS) is 13.7. The maximum absolute atomic E-state index is 12.3. The summed E-state index contributed by atoms with van der Waals surface area (Å²) in [5.74, 6) is 1.40. The monoisotopic (exact) mass is 294 g/mol. The quantitative estimate of drug-likeness (QED) is 0.808. The first-order chi connectivity index (χ1) is 9.94. The lowest BCUT2D eigenvalue weighted by Crippen LogP contribution is -2.39. The van der Waals surface area contributed by atoms with Gasteiger partial charge in [-0.15, -0.1) is 0 Å². The first-order valence-corrected chi connectivity index (χ1v) is 7.16. The van der Waals surface area contributed by atoms with Crippen LogP contribution in [0.15, 0.2) is 18.2 Å². The van der Waals surface area contributed by atoms with Crippen molar-refractivity contribution in [3.05, 3.63) is 23.8 Å². The molecule has 1 amide bonds. The first kappa shape index (κ1) is 17.3. The van der Waals surface area contributed by atoms with Crippen molar-refractivity contribution in [1.29, 1.82) is 0 Å². The number of methoxy groups -OCH3 is 2. The van der Waals surface area contributed by atoms with Crippen LogP contribution in [0.3, 0.4) is 0 Å². The third-order valence-corrected chi connectivity index (χ3v) is 3.66. The lowest BCUT2D eigenvalue weighted by molar-refractivity contribution is -0.126. The maximum atomic E-state index is 12.3. The molecule has 0 saturated heterocycles. The number of ether oxygens (including phenoxy) is 2. The van der Waals surface area contributed by atoms with E-state index in [-0.39, 0.29) is 23.8 Å². The minimum atomic E-state index is -0.184. The Balaban J connectivity index is 2.88. The van der Waals surface area contributed by atoms with E-state index in [0.717, 1.165) is 11.3 Å². The van der Waals surface area contributed by atoms with Crippen LogP contribution in [0.4, 0.5) is 0 Å². The molecule has 0 spiro atoms. The average Bonchev–Trinajstić information content (AvgIpc) is 2.46. The number of carbonyl (C=O) groups excluding carboxylic acids is 1. The maximum Gasteiger partial charge on any atom is 0.225 e. The zero-order chi connectivity index (χ0) is 16.0. The summed E-state index contributed by atoms with van der Waals surface area (Å²) in [6, 6.07) is 5.39. The topological polar surface area (TPSA) is 73.6 Å². The predicted molar refractivity (Wildman–Crippen MR) is 83.5 cm³/mol. The molecule has 2 atom stereocenters. The highest BCUT2D eigenvalue weighted by atomic mass is 16.5. The molecule has 0 fully saturated rings. The summed E-state index contributed by atoms with van der Waals surface area (Å²) >= 11 is 0. The average molecular weight is 294 g/mol. The van der Waals surface area contributed by atoms with Gasteiger partial charge in [-0.3, -0.25) is 4.79 Å². The number of rotatable bonds is 7. The number of carbonyl (C=O) groups is 1. The zero-order valence-corrected chi connectivity index (χ0v) is 13.5. The fourth-order valence-electron chi connectivity index (χ4n) is 2.26. The van der Waals surface area contributed by atoms with Crippen LogP contribution in [0.5, 0.6) is 11.5 Å². The van der Waals surface area contributed by atoms with Crippen LogP contribution in [0, 0.1) is 11.8 Å². The molecular weight excluding hydrogens is 268 g/mol. The second kappa shape index (κ2) is 7.88. The standard InChI is InChI=1S/C16H26N2O3/c1-10(2)14(9-17)16(19)18-11(3)13-7-6-12(20-4)8-15(13)21-5/h6-8,10-11,14H,9,17H2,1-5H3,(H,18,19). The summed E-state index contributed by atoms with van der Waals surface area (Å²) in [5.41, 5.74) is 6.59. The third kappa shape index (κ3) is 4.36. The molecule has 1 aromatic rings. The van der Waals surface area contributed by atoms with Crippen LogP contribution in [-0.4, -0.2) is 26.7 Å². The van der Waals surface area contributed by atoms with Gasteiger partial charge in [0.2, 0.25) is 5.91 Å². The van der Waals surface area contributed by atoms with Gasteiger partial charge in [0.1, 0.15) is 11.5 Å². The molecule has 0 saturated carbocycles. The highest BCUT2D eigenvalue weighted by Crippen LogP contribution is 2.29. The lowest BCUT2D eigenvalue weighted by atomic mass is 9.94. The minimum Gasteiger partial charge on any atom is -0.497 e. The van der Waals surface area contributed by atoms with E-state index >= 15 is 0 Å². The van der Waals surface area contributed by atoms with Gasteiger partial charge in [-0.25, -0.2) is 0 Å². The molecule has 0 aliphatic carbocycles. The molecule has 1 aromatic carbocycles. The van der Waals surface area contributed by atoms with Gasteiger partial charge in [-0.1, -0.05) is 13.8 Å². The molecule has 0 aliphatic heterocycles. The van der Waals surface area contributed by atoms with Gasteiger partial charge < -0.3 is 20.5 Å². The van der Waals surface area contributed by atoms with E-state index in [1.807, 2.05) is 32.9 Å². The van der Waals surface area contributed by atoms with Gasteiger partial charge in [-0.05, 0) is 25.0 Å². The molecule has 0 aliphatic rings. The van der Waals surface area contributed by atoms with Crippen LogP contribution in [0.25, 0.3) is 0 Å². The fourth-order valence-corrected chi connectivity index (χ4v) is 2.26. The molecule has 0 aromatic heterocycles. The van der Waals surface area contributed by atoms with Gasteiger partial charge >= 0.3 is 0 Å².